The summed E-state index contributed by atoms with van der Waals surface area (Å²) in [6.07, 6.45) is 1.06. The van der Waals surface area contributed by atoms with Gasteiger partial charge in [0.15, 0.2) is 0 Å². The smallest absolute Gasteiger partial charge is 0.226 e. The molecule has 2 aromatic carbocycles. The van der Waals surface area contributed by atoms with Crippen LogP contribution in [0.5, 0.6) is 5.75 Å². The number of amides is 1. The molecule has 0 aromatic heterocycles. The van der Waals surface area contributed by atoms with Gasteiger partial charge < -0.3 is 10.1 Å². The molecule has 0 radical (unpaired) electrons. The first-order valence-corrected chi connectivity index (χ1v) is 10.5. The van der Waals surface area contributed by atoms with Crippen LogP contribution >= 0.6 is 0 Å². The van der Waals surface area contributed by atoms with Gasteiger partial charge in [0.1, 0.15) is 5.75 Å². The van der Waals surface area contributed by atoms with Gasteiger partial charge in [0.25, 0.3) is 0 Å². The summed E-state index contributed by atoms with van der Waals surface area (Å²) >= 11 is 0. The molecule has 0 heterocycles. The molecule has 6 nitrogen and oxygen atoms in total. The number of rotatable bonds is 7. The van der Waals surface area contributed by atoms with Crippen molar-refractivity contribution in [3.63, 3.8) is 0 Å². The molecule has 0 unspecified atom stereocenters. The van der Waals surface area contributed by atoms with Crippen LogP contribution in [-0.4, -0.2) is 27.7 Å². The van der Waals surface area contributed by atoms with E-state index in [0.717, 1.165) is 28.6 Å². The highest BCUT2D eigenvalue weighted by atomic mass is 32.2. The average Bonchev–Trinajstić information content (AvgIpc) is 2.56. The molecular weight excluding hydrogens is 364 g/mol. The molecule has 27 heavy (non-hydrogen) atoms. The van der Waals surface area contributed by atoms with Gasteiger partial charge in [-0.2, -0.15) is 0 Å². The van der Waals surface area contributed by atoms with E-state index in [0.29, 0.717) is 11.3 Å². The number of carbonyl (C=O) groups is 1. The van der Waals surface area contributed by atoms with Gasteiger partial charge in [0.2, 0.25) is 15.9 Å². The molecule has 0 aliphatic carbocycles. The number of sulfonamides is 1. The molecule has 2 rings (SSSR count). The Morgan fingerprint density at radius 1 is 1.07 bits per heavy atom. The molecule has 0 bridgehead atoms. The minimum Gasteiger partial charge on any atom is -0.497 e. The van der Waals surface area contributed by atoms with Crippen molar-refractivity contribution in [2.24, 2.45) is 0 Å². The zero-order valence-corrected chi connectivity index (χ0v) is 17.1. The Balaban J connectivity index is 2.22. The highest BCUT2D eigenvalue weighted by molar-refractivity contribution is 7.88. The first-order valence-electron chi connectivity index (χ1n) is 8.58. The predicted octanol–water partition coefficient (Wildman–Crippen LogP) is 3.24. The largest absolute Gasteiger partial charge is 0.497 e. The van der Waals surface area contributed by atoms with Crippen LogP contribution in [0.4, 0.5) is 5.69 Å². The van der Waals surface area contributed by atoms with Crippen LogP contribution in [0, 0.1) is 20.8 Å². The fourth-order valence-corrected chi connectivity index (χ4v) is 3.81. The lowest BCUT2D eigenvalue weighted by Gasteiger charge is -2.19. The van der Waals surface area contributed by atoms with E-state index in [1.54, 1.807) is 31.4 Å². The van der Waals surface area contributed by atoms with Crippen molar-refractivity contribution >= 4 is 21.6 Å². The number of aryl methyl sites for hydroxylation is 3. The van der Waals surface area contributed by atoms with E-state index in [1.807, 2.05) is 32.9 Å². The summed E-state index contributed by atoms with van der Waals surface area (Å²) in [4.78, 5) is 12.6. The highest BCUT2D eigenvalue weighted by Crippen LogP contribution is 2.25. The summed E-state index contributed by atoms with van der Waals surface area (Å²) in [6, 6.07) is 10.3. The van der Waals surface area contributed by atoms with E-state index >= 15 is 0 Å². The predicted molar refractivity (Wildman–Crippen MR) is 108 cm³/mol. The summed E-state index contributed by atoms with van der Waals surface area (Å²) in [5, 5.41) is 2.92. The molecule has 0 aliphatic heterocycles. The lowest BCUT2D eigenvalue weighted by molar-refractivity contribution is -0.116. The van der Waals surface area contributed by atoms with E-state index in [-0.39, 0.29) is 12.3 Å². The van der Waals surface area contributed by atoms with E-state index in [9.17, 15) is 13.2 Å². The standard InChI is InChI=1S/C20H26N2O4S/c1-13-10-14(2)20(15(3)11-13)21-19(23)12-18(22-27(5,24)25)16-6-8-17(26-4)9-7-16/h6-11,18,22H,12H2,1-5H3,(H,21,23)/t18-/m0/s1. The third-order valence-corrected chi connectivity index (χ3v) is 4.92. The maximum absolute atomic E-state index is 12.6. The van der Waals surface area contributed by atoms with Crippen molar-refractivity contribution < 1.29 is 17.9 Å². The van der Waals surface area contributed by atoms with E-state index < -0.39 is 16.1 Å². The van der Waals surface area contributed by atoms with Crippen LogP contribution in [0.3, 0.4) is 0 Å². The highest BCUT2D eigenvalue weighted by Gasteiger charge is 2.21. The van der Waals surface area contributed by atoms with Crippen LogP contribution in [0.25, 0.3) is 0 Å². The van der Waals surface area contributed by atoms with Crippen molar-refractivity contribution in [1.82, 2.24) is 4.72 Å². The van der Waals surface area contributed by atoms with Gasteiger partial charge in [-0.25, -0.2) is 13.1 Å². The Hall–Kier alpha value is -2.38. The van der Waals surface area contributed by atoms with E-state index in [1.165, 1.54) is 0 Å². The number of methoxy groups -OCH3 is 1. The maximum Gasteiger partial charge on any atom is 0.226 e. The van der Waals surface area contributed by atoms with Gasteiger partial charge in [0, 0.05) is 12.1 Å². The number of nitrogens with one attached hydrogen (secondary N) is 2. The number of carbonyl (C=O) groups excluding carboxylic acids is 1. The quantitative estimate of drug-likeness (QED) is 0.760. The van der Waals surface area contributed by atoms with Crippen LogP contribution in [0.2, 0.25) is 0 Å². The van der Waals surface area contributed by atoms with Gasteiger partial charge in [-0.1, -0.05) is 29.8 Å². The summed E-state index contributed by atoms with van der Waals surface area (Å²) < 4.78 is 31.2. The molecule has 0 saturated heterocycles. The van der Waals surface area contributed by atoms with Crippen molar-refractivity contribution in [2.75, 3.05) is 18.7 Å². The summed E-state index contributed by atoms with van der Waals surface area (Å²) in [7, 11) is -1.93. The third-order valence-electron chi connectivity index (χ3n) is 4.21. The molecular formula is C20H26N2O4S. The van der Waals surface area contributed by atoms with Gasteiger partial charge >= 0.3 is 0 Å². The fourth-order valence-electron chi connectivity index (χ4n) is 3.08. The van der Waals surface area contributed by atoms with Crippen molar-refractivity contribution in [3.05, 3.63) is 58.7 Å². The van der Waals surface area contributed by atoms with Crippen molar-refractivity contribution in [1.29, 1.82) is 0 Å². The number of benzene rings is 2. The summed E-state index contributed by atoms with van der Waals surface area (Å²) in [5.41, 5.74) is 4.51. The normalized spacial score (nSPS) is 12.5. The average molecular weight is 391 g/mol. The second-order valence-corrected chi connectivity index (χ2v) is 8.52. The molecule has 2 N–H and O–H groups in total. The number of hydrogen-bond donors (Lipinski definition) is 2. The Morgan fingerprint density at radius 3 is 2.11 bits per heavy atom. The van der Waals surface area contributed by atoms with E-state index in [2.05, 4.69) is 10.0 Å². The van der Waals surface area contributed by atoms with Gasteiger partial charge in [0.05, 0.1) is 19.4 Å². The second kappa shape index (κ2) is 8.54. The Kier molecular flexibility index (Phi) is 6.62. The SMILES string of the molecule is COc1ccc([C@H](CC(=O)Nc2c(C)cc(C)cc2C)NS(C)(=O)=O)cc1. The molecule has 0 saturated carbocycles. The molecule has 7 heteroatoms. The Bertz CT molecular complexity index is 898. The summed E-state index contributed by atoms with van der Waals surface area (Å²) in [5.74, 6) is 0.397. The Morgan fingerprint density at radius 2 is 1.63 bits per heavy atom. The van der Waals surface area contributed by atoms with Crippen LogP contribution in [0.15, 0.2) is 36.4 Å². The van der Waals surface area contributed by atoms with Crippen LogP contribution < -0.4 is 14.8 Å². The molecule has 1 atom stereocenters. The zero-order valence-electron chi connectivity index (χ0n) is 16.3. The molecule has 2 aromatic rings. The maximum atomic E-state index is 12.6. The number of hydrogen-bond acceptors (Lipinski definition) is 4. The summed E-state index contributed by atoms with van der Waals surface area (Å²) in [6.45, 7) is 5.87. The van der Waals surface area contributed by atoms with E-state index in [4.69, 9.17) is 4.74 Å². The lowest BCUT2D eigenvalue weighted by atomic mass is 10.0. The minimum absolute atomic E-state index is 0.0217. The minimum atomic E-state index is -3.49. The van der Waals surface area contributed by atoms with Crippen LogP contribution in [0.1, 0.15) is 34.7 Å². The molecule has 0 spiro atoms. The van der Waals surface area contributed by atoms with Gasteiger partial charge in [-0.3, -0.25) is 4.79 Å². The number of ether oxygens (including phenoxy) is 1. The number of anilines is 1. The van der Waals surface area contributed by atoms with Crippen molar-refractivity contribution in [3.8, 4) is 5.75 Å². The van der Waals surface area contributed by atoms with Crippen LogP contribution in [-0.2, 0) is 14.8 Å². The lowest BCUT2D eigenvalue weighted by Crippen LogP contribution is -2.31. The Labute approximate surface area is 161 Å². The van der Waals surface area contributed by atoms with Gasteiger partial charge in [-0.15, -0.1) is 0 Å². The molecule has 146 valence electrons. The third kappa shape index (κ3) is 6.08. The van der Waals surface area contributed by atoms with Crippen molar-refractivity contribution in [2.45, 2.75) is 33.2 Å². The molecule has 1 amide bonds. The monoisotopic (exact) mass is 390 g/mol. The first-order chi connectivity index (χ1) is 12.6. The zero-order chi connectivity index (χ0) is 20.2. The molecule has 0 aliphatic rings. The molecule has 0 fully saturated rings. The second-order valence-electron chi connectivity index (χ2n) is 6.74. The van der Waals surface area contributed by atoms with Gasteiger partial charge in [-0.05, 0) is 49.6 Å². The topological polar surface area (TPSA) is 84.5 Å². The fraction of sp³-hybridized carbons (Fsp3) is 0.350. The first kappa shape index (κ1) is 20.9.